The number of carbonyl (C=O) groups excluding carboxylic acids is 1. The van der Waals surface area contributed by atoms with E-state index in [-0.39, 0.29) is 35.0 Å². The molecule has 0 saturated carbocycles. The summed E-state index contributed by atoms with van der Waals surface area (Å²) in [5.41, 5.74) is 2.69. The lowest BCUT2D eigenvalue weighted by atomic mass is 10.0. The smallest absolute Gasteiger partial charge is 0.277 e. The quantitative estimate of drug-likeness (QED) is 0.603. The molecule has 1 aromatic carbocycles. The molecule has 140 valence electrons. The zero-order valence-electron chi connectivity index (χ0n) is 15.4. The summed E-state index contributed by atoms with van der Waals surface area (Å²) >= 11 is 0. The van der Waals surface area contributed by atoms with Crippen molar-refractivity contribution in [3.05, 3.63) is 32.9 Å². The predicted molar refractivity (Wildman–Crippen MR) is 103 cm³/mol. The first-order chi connectivity index (χ1) is 11.4. The predicted octanol–water partition coefficient (Wildman–Crippen LogP) is 4.14. The third-order valence-corrected chi connectivity index (χ3v) is 4.83. The van der Waals surface area contributed by atoms with Gasteiger partial charge in [0.15, 0.2) is 0 Å². The fraction of sp³-hybridized carbons (Fsp3) is 0.611. The monoisotopic (exact) mass is 369 g/mol. The van der Waals surface area contributed by atoms with Gasteiger partial charge < -0.3 is 5.32 Å². The lowest BCUT2D eigenvalue weighted by Gasteiger charge is -2.24. The van der Waals surface area contributed by atoms with Crippen LogP contribution in [0, 0.1) is 30.9 Å². The van der Waals surface area contributed by atoms with Crippen molar-refractivity contribution in [1.82, 2.24) is 4.90 Å². The zero-order valence-corrected chi connectivity index (χ0v) is 16.2. The summed E-state index contributed by atoms with van der Waals surface area (Å²) in [5, 5.41) is 14.3. The molecule has 0 spiro atoms. The highest BCUT2D eigenvalue weighted by Crippen LogP contribution is 2.33. The number of hydrogen-bond donors (Lipinski definition) is 1. The number of benzene rings is 1. The number of nitro groups is 1. The van der Waals surface area contributed by atoms with E-state index in [9.17, 15) is 14.9 Å². The van der Waals surface area contributed by atoms with Crippen LogP contribution in [-0.4, -0.2) is 34.9 Å². The van der Waals surface area contributed by atoms with E-state index in [1.165, 1.54) is 0 Å². The minimum absolute atomic E-state index is 0. The number of hydrogen-bond acceptors (Lipinski definition) is 4. The number of amides is 1. The number of halogens is 1. The molecule has 1 aliphatic rings. The number of anilines is 1. The molecule has 2 rings (SSSR count). The molecule has 1 aliphatic heterocycles. The number of carbonyl (C=O) groups is 1. The van der Waals surface area contributed by atoms with Crippen LogP contribution in [0.5, 0.6) is 0 Å². The van der Waals surface area contributed by atoms with Crippen LogP contribution in [-0.2, 0) is 4.79 Å². The molecule has 0 aliphatic carbocycles. The van der Waals surface area contributed by atoms with E-state index in [0.29, 0.717) is 16.8 Å². The number of nitrogens with zero attached hydrogens (tertiary/aromatic N) is 2. The summed E-state index contributed by atoms with van der Waals surface area (Å²) < 4.78 is 0. The maximum Gasteiger partial charge on any atom is 0.277 e. The summed E-state index contributed by atoms with van der Waals surface area (Å²) in [4.78, 5) is 25.9. The van der Waals surface area contributed by atoms with Crippen LogP contribution in [0.25, 0.3) is 0 Å². The fourth-order valence-corrected chi connectivity index (χ4v) is 3.61. The Morgan fingerprint density at radius 2 is 2.04 bits per heavy atom. The molecular weight excluding hydrogens is 342 g/mol. The van der Waals surface area contributed by atoms with Crippen LogP contribution in [0.2, 0.25) is 0 Å². The van der Waals surface area contributed by atoms with Gasteiger partial charge in [-0.2, -0.15) is 0 Å². The SMILES string of the molecule is CCCCN1CCCC1C(=O)Nc1c(C)cc(C)c([N+](=O)[O-])c1C.Cl. The first kappa shape index (κ1) is 21.4. The molecule has 1 saturated heterocycles. The van der Waals surface area contributed by atoms with Crippen LogP contribution < -0.4 is 5.32 Å². The Morgan fingerprint density at radius 1 is 1.36 bits per heavy atom. The lowest BCUT2D eigenvalue weighted by Crippen LogP contribution is -2.40. The molecule has 0 aromatic heterocycles. The van der Waals surface area contributed by atoms with E-state index >= 15 is 0 Å². The van der Waals surface area contributed by atoms with Gasteiger partial charge in [0.2, 0.25) is 5.91 Å². The molecule has 1 unspecified atom stereocenters. The average molecular weight is 370 g/mol. The topological polar surface area (TPSA) is 75.5 Å². The molecule has 6 nitrogen and oxygen atoms in total. The standard InChI is InChI=1S/C18H27N3O3.ClH/c1-5-6-9-20-10-7-8-15(20)18(22)19-16-12(2)11-13(3)17(14(16)4)21(23)24;/h11,15H,5-10H2,1-4H3,(H,19,22);1H. The molecule has 1 fully saturated rings. The highest BCUT2D eigenvalue weighted by molar-refractivity contribution is 5.97. The van der Waals surface area contributed by atoms with Crippen molar-refractivity contribution < 1.29 is 9.72 Å². The van der Waals surface area contributed by atoms with E-state index in [1.54, 1.807) is 19.9 Å². The lowest BCUT2D eigenvalue weighted by molar-refractivity contribution is -0.386. The van der Waals surface area contributed by atoms with Gasteiger partial charge in [0.05, 0.1) is 22.2 Å². The van der Waals surface area contributed by atoms with Gasteiger partial charge in [-0.05, 0) is 64.8 Å². The van der Waals surface area contributed by atoms with E-state index in [2.05, 4.69) is 17.1 Å². The van der Waals surface area contributed by atoms with Crippen LogP contribution >= 0.6 is 12.4 Å². The van der Waals surface area contributed by atoms with Crippen molar-refractivity contribution in [3.63, 3.8) is 0 Å². The summed E-state index contributed by atoms with van der Waals surface area (Å²) in [6, 6.07) is 1.64. The van der Waals surface area contributed by atoms with Gasteiger partial charge in [-0.1, -0.05) is 13.3 Å². The van der Waals surface area contributed by atoms with Gasteiger partial charge in [0.1, 0.15) is 0 Å². The van der Waals surface area contributed by atoms with Gasteiger partial charge in [0.25, 0.3) is 5.69 Å². The van der Waals surface area contributed by atoms with Crippen molar-refractivity contribution in [1.29, 1.82) is 0 Å². The summed E-state index contributed by atoms with van der Waals surface area (Å²) in [7, 11) is 0. The zero-order chi connectivity index (χ0) is 17.9. The van der Waals surface area contributed by atoms with Gasteiger partial charge >= 0.3 is 0 Å². The van der Waals surface area contributed by atoms with E-state index < -0.39 is 0 Å². The Balaban J connectivity index is 0.00000312. The highest BCUT2D eigenvalue weighted by Gasteiger charge is 2.31. The Kier molecular flexibility index (Phi) is 7.83. The second kappa shape index (κ2) is 9.15. The third-order valence-electron chi connectivity index (χ3n) is 4.83. The van der Waals surface area contributed by atoms with Gasteiger partial charge in [0, 0.05) is 5.56 Å². The molecular formula is C18H28ClN3O3. The van der Waals surface area contributed by atoms with Crippen LogP contribution in [0.15, 0.2) is 6.07 Å². The normalized spacial score (nSPS) is 17.2. The molecule has 1 aromatic rings. The summed E-state index contributed by atoms with van der Waals surface area (Å²) in [5.74, 6) is -0.0482. The van der Waals surface area contributed by atoms with Gasteiger partial charge in [-0.25, -0.2) is 0 Å². The van der Waals surface area contributed by atoms with Gasteiger partial charge in [-0.15, -0.1) is 12.4 Å². The fourth-order valence-electron chi connectivity index (χ4n) is 3.61. The number of nitrogens with one attached hydrogen (secondary N) is 1. The number of likely N-dealkylation sites (tertiary alicyclic amines) is 1. The largest absolute Gasteiger partial charge is 0.324 e. The van der Waals surface area contributed by atoms with E-state index in [1.807, 2.05) is 6.92 Å². The number of rotatable bonds is 6. The van der Waals surface area contributed by atoms with Crippen molar-refractivity contribution in [3.8, 4) is 0 Å². The van der Waals surface area contributed by atoms with Crippen LogP contribution in [0.4, 0.5) is 11.4 Å². The van der Waals surface area contributed by atoms with Crippen molar-refractivity contribution in [2.24, 2.45) is 0 Å². The molecule has 0 radical (unpaired) electrons. The first-order valence-corrected chi connectivity index (χ1v) is 8.66. The highest BCUT2D eigenvalue weighted by atomic mass is 35.5. The molecule has 1 atom stereocenters. The summed E-state index contributed by atoms with van der Waals surface area (Å²) in [6.07, 6.45) is 4.06. The molecule has 1 amide bonds. The van der Waals surface area contributed by atoms with Crippen molar-refractivity contribution in [2.45, 2.75) is 59.4 Å². The van der Waals surface area contributed by atoms with Gasteiger partial charge in [-0.3, -0.25) is 19.8 Å². The molecule has 1 heterocycles. The Labute approximate surface area is 155 Å². The second-order valence-corrected chi connectivity index (χ2v) is 6.65. The van der Waals surface area contributed by atoms with Crippen LogP contribution in [0.1, 0.15) is 49.3 Å². The molecule has 7 heteroatoms. The minimum Gasteiger partial charge on any atom is -0.324 e. The van der Waals surface area contributed by atoms with Crippen LogP contribution in [0.3, 0.4) is 0 Å². The maximum absolute atomic E-state index is 12.7. The van der Waals surface area contributed by atoms with Crippen molar-refractivity contribution >= 4 is 29.7 Å². The molecule has 0 bridgehead atoms. The molecule has 1 N–H and O–H groups in total. The Bertz CT molecular complexity index is 649. The summed E-state index contributed by atoms with van der Waals surface area (Å²) in [6.45, 7) is 9.33. The van der Waals surface area contributed by atoms with E-state index in [4.69, 9.17) is 0 Å². The second-order valence-electron chi connectivity index (χ2n) is 6.65. The number of nitro benzene ring substituents is 1. The van der Waals surface area contributed by atoms with Crippen molar-refractivity contribution in [2.75, 3.05) is 18.4 Å². The average Bonchev–Trinajstić information content (AvgIpc) is 2.97. The molecule has 25 heavy (non-hydrogen) atoms. The number of aryl methyl sites for hydroxylation is 2. The Morgan fingerprint density at radius 3 is 2.64 bits per heavy atom. The third kappa shape index (κ3) is 4.70. The minimum atomic E-state index is -0.372. The Hall–Kier alpha value is -1.66. The number of unbranched alkanes of at least 4 members (excludes halogenated alkanes) is 1. The first-order valence-electron chi connectivity index (χ1n) is 8.66. The maximum atomic E-state index is 12.7. The van der Waals surface area contributed by atoms with E-state index in [0.717, 1.165) is 44.3 Å².